The number of benzene rings is 1. The number of nitrogens with one attached hydrogen (secondary N) is 1. The molecule has 0 aliphatic carbocycles. The lowest BCUT2D eigenvalue weighted by atomic mass is 10.1. The fourth-order valence-corrected chi connectivity index (χ4v) is 1.64. The lowest BCUT2D eigenvalue weighted by molar-refractivity contribution is 0.307. The van der Waals surface area contributed by atoms with E-state index in [4.69, 9.17) is 10.00 Å². The fourth-order valence-electron chi connectivity index (χ4n) is 1.64. The summed E-state index contributed by atoms with van der Waals surface area (Å²) in [6.07, 6.45) is 0. The molecule has 1 N–H and O–H groups in total. The van der Waals surface area contributed by atoms with Crippen molar-refractivity contribution in [3.8, 4) is 11.8 Å². The number of fused-ring (bicyclic) bond motifs is 1. The zero-order valence-corrected chi connectivity index (χ0v) is 8.03. The molecule has 3 heteroatoms. The van der Waals surface area contributed by atoms with Crippen LogP contribution in [-0.4, -0.2) is 12.6 Å². The van der Waals surface area contributed by atoms with Crippen LogP contribution in [-0.2, 0) is 0 Å². The number of nitriles is 1. The zero-order chi connectivity index (χ0) is 9.97. The second-order valence-corrected chi connectivity index (χ2v) is 3.42. The number of ether oxygens (including phenoxy) is 1. The van der Waals surface area contributed by atoms with Crippen molar-refractivity contribution < 1.29 is 4.74 Å². The predicted octanol–water partition coefficient (Wildman–Crippen LogP) is 1.62. The smallest absolute Gasteiger partial charge is 0.124 e. The SMILES string of the molecule is CC(C#N)NC1COc2ccccc21. The van der Waals surface area contributed by atoms with Crippen LogP contribution in [0.3, 0.4) is 0 Å². The van der Waals surface area contributed by atoms with Crippen LogP contribution in [0, 0.1) is 11.3 Å². The van der Waals surface area contributed by atoms with E-state index in [9.17, 15) is 0 Å². The molecule has 0 aromatic heterocycles. The Kier molecular flexibility index (Phi) is 2.38. The second-order valence-electron chi connectivity index (χ2n) is 3.42. The van der Waals surface area contributed by atoms with Crippen molar-refractivity contribution in [2.75, 3.05) is 6.61 Å². The molecule has 3 nitrogen and oxygen atoms in total. The van der Waals surface area contributed by atoms with Crippen LogP contribution in [0.1, 0.15) is 18.5 Å². The van der Waals surface area contributed by atoms with Crippen LogP contribution in [0.15, 0.2) is 24.3 Å². The van der Waals surface area contributed by atoms with Gasteiger partial charge in [-0.15, -0.1) is 0 Å². The highest BCUT2D eigenvalue weighted by atomic mass is 16.5. The van der Waals surface area contributed by atoms with Gasteiger partial charge in [-0.05, 0) is 13.0 Å². The minimum absolute atomic E-state index is 0.144. The van der Waals surface area contributed by atoms with Crippen LogP contribution in [0.2, 0.25) is 0 Å². The summed E-state index contributed by atoms with van der Waals surface area (Å²) < 4.78 is 5.48. The molecular formula is C11H12N2O. The van der Waals surface area contributed by atoms with Crippen molar-refractivity contribution in [2.45, 2.75) is 19.0 Å². The number of hydrogen-bond donors (Lipinski definition) is 1. The maximum atomic E-state index is 8.69. The van der Waals surface area contributed by atoms with Gasteiger partial charge in [-0.3, -0.25) is 5.32 Å². The summed E-state index contributed by atoms with van der Waals surface area (Å²) in [5.74, 6) is 0.926. The maximum Gasteiger partial charge on any atom is 0.124 e. The van der Waals surface area contributed by atoms with Crippen molar-refractivity contribution in [3.63, 3.8) is 0 Å². The molecule has 1 heterocycles. The molecule has 0 saturated carbocycles. The maximum absolute atomic E-state index is 8.69. The number of hydrogen-bond acceptors (Lipinski definition) is 3. The molecule has 72 valence electrons. The van der Waals surface area contributed by atoms with E-state index in [-0.39, 0.29) is 12.1 Å². The van der Waals surface area contributed by atoms with Crippen LogP contribution in [0.25, 0.3) is 0 Å². The third kappa shape index (κ3) is 1.57. The van der Waals surface area contributed by atoms with Crippen molar-refractivity contribution in [2.24, 2.45) is 0 Å². The Morgan fingerprint density at radius 1 is 1.57 bits per heavy atom. The first-order valence-corrected chi connectivity index (χ1v) is 4.68. The molecule has 1 aliphatic heterocycles. The molecule has 0 radical (unpaired) electrons. The Bertz CT molecular complexity index is 370. The summed E-state index contributed by atoms with van der Waals surface area (Å²) >= 11 is 0. The average molecular weight is 188 g/mol. The summed E-state index contributed by atoms with van der Waals surface area (Å²) in [5.41, 5.74) is 1.15. The van der Waals surface area contributed by atoms with Crippen molar-refractivity contribution in [1.82, 2.24) is 5.32 Å². The van der Waals surface area contributed by atoms with Crippen LogP contribution in [0.5, 0.6) is 5.75 Å². The first-order chi connectivity index (χ1) is 6.81. The van der Waals surface area contributed by atoms with E-state index < -0.39 is 0 Å². The van der Waals surface area contributed by atoms with E-state index in [0.29, 0.717) is 6.61 Å². The summed E-state index contributed by atoms with van der Waals surface area (Å²) in [7, 11) is 0. The van der Waals surface area contributed by atoms with E-state index in [1.54, 1.807) is 0 Å². The van der Waals surface area contributed by atoms with Gasteiger partial charge in [0.25, 0.3) is 0 Å². The highest BCUT2D eigenvalue weighted by Gasteiger charge is 2.24. The predicted molar refractivity (Wildman–Crippen MR) is 52.9 cm³/mol. The monoisotopic (exact) mass is 188 g/mol. The summed E-state index contributed by atoms with van der Waals surface area (Å²) in [6.45, 7) is 2.46. The van der Waals surface area contributed by atoms with Crippen molar-refractivity contribution in [1.29, 1.82) is 5.26 Å². The summed E-state index contributed by atoms with van der Waals surface area (Å²) in [4.78, 5) is 0. The molecule has 2 unspecified atom stereocenters. The summed E-state index contributed by atoms with van der Waals surface area (Å²) in [5, 5.41) is 11.9. The molecule has 0 fully saturated rings. The lowest BCUT2D eigenvalue weighted by Gasteiger charge is -2.12. The Balaban J connectivity index is 2.15. The van der Waals surface area contributed by atoms with Crippen LogP contribution < -0.4 is 10.1 Å². The van der Waals surface area contributed by atoms with Gasteiger partial charge in [0, 0.05) is 5.56 Å². The molecule has 1 aromatic carbocycles. The van der Waals surface area contributed by atoms with E-state index in [1.165, 1.54) is 0 Å². The van der Waals surface area contributed by atoms with E-state index in [0.717, 1.165) is 11.3 Å². The standard InChI is InChI=1S/C11H12N2O/c1-8(6-12)13-10-7-14-11-5-3-2-4-9(10)11/h2-5,8,10,13H,7H2,1H3. The summed E-state index contributed by atoms with van der Waals surface area (Å²) in [6, 6.07) is 10.1. The first kappa shape index (κ1) is 9.04. The highest BCUT2D eigenvalue weighted by Crippen LogP contribution is 2.31. The van der Waals surface area contributed by atoms with Crippen LogP contribution >= 0.6 is 0 Å². The second kappa shape index (κ2) is 3.69. The van der Waals surface area contributed by atoms with Crippen molar-refractivity contribution in [3.05, 3.63) is 29.8 Å². The van der Waals surface area contributed by atoms with Gasteiger partial charge in [0.2, 0.25) is 0 Å². The van der Waals surface area contributed by atoms with Crippen LogP contribution in [0.4, 0.5) is 0 Å². The largest absolute Gasteiger partial charge is 0.491 e. The average Bonchev–Trinajstić information content (AvgIpc) is 2.62. The topological polar surface area (TPSA) is 45.0 Å². The molecule has 0 amide bonds. The molecule has 0 spiro atoms. The Morgan fingerprint density at radius 2 is 2.36 bits per heavy atom. The third-order valence-electron chi connectivity index (χ3n) is 2.34. The minimum Gasteiger partial charge on any atom is -0.491 e. The van der Waals surface area contributed by atoms with Gasteiger partial charge in [-0.1, -0.05) is 18.2 Å². The van der Waals surface area contributed by atoms with Gasteiger partial charge in [-0.25, -0.2) is 0 Å². The number of para-hydroxylation sites is 1. The first-order valence-electron chi connectivity index (χ1n) is 4.68. The van der Waals surface area contributed by atoms with E-state index in [1.807, 2.05) is 31.2 Å². The van der Waals surface area contributed by atoms with Crippen molar-refractivity contribution >= 4 is 0 Å². The molecule has 2 atom stereocenters. The van der Waals surface area contributed by atoms with Gasteiger partial charge in [-0.2, -0.15) is 5.26 Å². The van der Waals surface area contributed by atoms with Gasteiger partial charge >= 0.3 is 0 Å². The molecule has 0 bridgehead atoms. The normalized spacial score (nSPS) is 20.7. The molecule has 1 aromatic rings. The quantitative estimate of drug-likeness (QED) is 0.767. The van der Waals surface area contributed by atoms with Gasteiger partial charge in [0.05, 0.1) is 18.2 Å². The van der Waals surface area contributed by atoms with Gasteiger partial charge in [0.15, 0.2) is 0 Å². The third-order valence-corrected chi connectivity index (χ3v) is 2.34. The molecule has 14 heavy (non-hydrogen) atoms. The highest BCUT2D eigenvalue weighted by molar-refractivity contribution is 5.39. The Hall–Kier alpha value is -1.53. The fraction of sp³-hybridized carbons (Fsp3) is 0.364. The molecule has 2 rings (SSSR count). The minimum atomic E-state index is -0.144. The lowest BCUT2D eigenvalue weighted by Crippen LogP contribution is -2.30. The number of nitrogens with zero attached hydrogens (tertiary/aromatic N) is 1. The van der Waals surface area contributed by atoms with Gasteiger partial charge in [0.1, 0.15) is 12.4 Å². The van der Waals surface area contributed by atoms with Gasteiger partial charge < -0.3 is 4.74 Å². The number of rotatable bonds is 2. The molecular weight excluding hydrogens is 176 g/mol. The zero-order valence-electron chi connectivity index (χ0n) is 8.03. The molecule has 0 saturated heterocycles. The Morgan fingerprint density at radius 3 is 3.14 bits per heavy atom. The molecule has 1 aliphatic rings. The van der Waals surface area contributed by atoms with E-state index in [2.05, 4.69) is 11.4 Å². The Labute approximate surface area is 83.3 Å². The van der Waals surface area contributed by atoms with E-state index >= 15 is 0 Å².